The van der Waals surface area contributed by atoms with Gasteiger partial charge >= 0.3 is 0 Å². The third kappa shape index (κ3) is 4.86. The summed E-state index contributed by atoms with van der Waals surface area (Å²) in [7, 11) is 0. The fourth-order valence-electron chi connectivity index (χ4n) is 2.98. The third-order valence-electron chi connectivity index (χ3n) is 4.35. The molecule has 2 heterocycles. The lowest BCUT2D eigenvalue weighted by Gasteiger charge is -2.22. The van der Waals surface area contributed by atoms with Crippen molar-refractivity contribution in [3.8, 4) is 0 Å². The van der Waals surface area contributed by atoms with Gasteiger partial charge < -0.3 is 10.6 Å². The van der Waals surface area contributed by atoms with Crippen LogP contribution in [0.2, 0.25) is 0 Å². The average Bonchev–Trinajstić information content (AvgIpc) is 2.68. The van der Waals surface area contributed by atoms with E-state index in [9.17, 15) is 9.59 Å². The molecule has 3 rings (SSSR count). The molecule has 1 fully saturated rings. The summed E-state index contributed by atoms with van der Waals surface area (Å²) in [5, 5.41) is 5.82. The van der Waals surface area contributed by atoms with Crippen molar-refractivity contribution in [2.75, 3.05) is 0 Å². The normalized spacial score (nSPS) is 14.7. The summed E-state index contributed by atoms with van der Waals surface area (Å²) in [6.45, 7) is 0.339. The van der Waals surface area contributed by atoms with Gasteiger partial charge in [0.25, 0.3) is 11.8 Å². The van der Waals surface area contributed by atoms with Crippen molar-refractivity contribution >= 4 is 11.8 Å². The quantitative estimate of drug-likeness (QED) is 0.877. The van der Waals surface area contributed by atoms with Gasteiger partial charge in [0.2, 0.25) is 0 Å². The molecule has 0 bridgehead atoms. The number of amides is 2. The molecule has 0 saturated heterocycles. The molecule has 25 heavy (non-hydrogen) atoms. The summed E-state index contributed by atoms with van der Waals surface area (Å²) < 4.78 is 0. The van der Waals surface area contributed by atoms with Crippen molar-refractivity contribution < 1.29 is 9.59 Å². The lowest BCUT2D eigenvalue weighted by atomic mass is 9.95. The van der Waals surface area contributed by atoms with E-state index in [4.69, 9.17) is 0 Å². The zero-order valence-electron chi connectivity index (χ0n) is 14.1. The number of carbonyl (C=O) groups is 2. The van der Waals surface area contributed by atoms with Crippen LogP contribution in [0, 0.1) is 0 Å². The number of hydrogen-bond acceptors (Lipinski definition) is 4. The predicted molar refractivity (Wildman–Crippen MR) is 94.0 cm³/mol. The van der Waals surface area contributed by atoms with Crippen LogP contribution in [0.4, 0.5) is 0 Å². The largest absolute Gasteiger partial charge is 0.348 e. The van der Waals surface area contributed by atoms with E-state index >= 15 is 0 Å². The second-order valence-electron chi connectivity index (χ2n) is 6.24. The van der Waals surface area contributed by atoms with E-state index in [0.29, 0.717) is 12.1 Å². The maximum atomic E-state index is 12.4. The van der Waals surface area contributed by atoms with E-state index in [1.165, 1.54) is 18.7 Å². The zero-order chi connectivity index (χ0) is 17.5. The number of carbonyl (C=O) groups excluding carboxylic acids is 2. The van der Waals surface area contributed by atoms with Gasteiger partial charge in [-0.25, -0.2) is 0 Å². The van der Waals surface area contributed by atoms with E-state index in [0.717, 1.165) is 31.4 Å². The lowest BCUT2D eigenvalue weighted by Crippen LogP contribution is -2.36. The minimum absolute atomic E-state index is 0.213. The van der Waals surface area contributed by atoms with Gasteiger partial charge in [0.1, 0.15) is 5.69 Å². The third-order valence-corrected chi connectivity index (χ3v) is 4.35. The monoisotopic (exact) mass is 338 g/mol. The molecule has 1 saturated carbocycles. The van der Waals surface area contributed by atoms with Gasteiger partial charge in [-0.1, -0.05) is 25.3 Å². The molecule has 2 amide bonds. The average molecular weight is 338 g/mol. The highest BCUT2D eigenvalue weighted by Gasteiger charge is 2.18. The number of aromatic nitrogens is 2. The summed E-state index contributed by atoms with van der Waals surface area (Å²) in [4.78, 5) is 32.9. The molecule has 0 spiro atoms. The number of hydrogen-bond donors (Lipinski definition) is 2. The van der Waals surface area contributed by atoms with Crippen LogP contribution in [0.25, 0.3) is 0 Å². The molecule has 0 aromatic carbocycles. The zero-order valence-corrected chi connectivity index (χ0v) is 14.1. The van der Waals surface area contributed by atoms with Gasteiger partial charge in [-0.2, -0.15) is 0 Å². The molecule has 6 heteroatoms. The first-order chi connectivity index (χ1) is 12.2. The minimum atomic E-state index is -0.250. The molecular formula is C19H22N4O2. The Bertz CT molecular complexity index is 727. The lowest BCUT2D eigenvalue weighted by molar-refractivity contribution is 0.0922. The highest BCUT2D eigenvalue weighted by Crippen LogP contribution is 2.17. The summed E-state index contributed by atoms with van der Waals surface area (Å²) >= 11 is 0. The first-order valence-electron chi connectivity index (χ1n) is 8.67. The molecule has 6 nitrogen and oxygen atoms in total. The minimum Gasteiger partial charge on any atom is -0.348 e. The van der Waals surface area contributed by atoms with Gasteiger partial charge in [0.15, 0.2) is 0 Å². The van der Waals surface area contributed by atoms with Crippen molar-refractivity contribution in [3.63, 3.8) is 0 Å². The number of nitrogens with one attached hydrogen (secondary N) is 2. The Morgan fingerprint density at radius 1 is 1.00 bits per heavy atom. The highest BCUT2D eigenvalue weighted by atomic mass is 16.2. The van der Waals surface area contributed by atoms with Crippen molar-refractivity contribution in [1.82, 2.24) is 20.6 Å². The van der Waals surface area contributed by atoms with Crippen molar-refractivity contribution in [2.45, 2.75) is 44.7 Å². The standard InChI is InChI=1S/C19H22N4O2/c24-18(22-13-16-8-4-5-10-20-16)14-9-11-21-17(12-14)19(25)23-15-6-2-1-3-7-15/h4-5,8-12,15H,1-3,6-7,13H2,(H,22,24)(H,23,25). The van der Waals surface area contributed by atoms with Gasteiger partial charge in [-0.3, -0.25) is 19.6 Å². The molecular weight excluding hydrogens is 316 g/mol. The molecule has 0 radical (unpaired) electrons. The first kappa shape index (κ1) is 17.1. The summed E-state index contributed by atoms with van der Waals surface area (Å²) in [6.07, 6.45) is 8.72. The van der Waals surface area contributed by atoms with E-state index in [1.807, 2.05) is 18.2 Å². The fourth-order valence-corrected chi connectivity index (χ4v) is 2.98. The Labute approximate surface area is 147 Å². The van der Waals surface area contributed by atoms with Gasteiger partial charge in [0, 0.05) is 24.0 Å². The van der Waals surface area contributed by atoms with E-state index < -0.39 is 0 Å². The van der Waals surface area contributed by atoms with Crippen LogP contribution in [-0.4, -0.2) is 27.8 Å². The summed E-state index contributed by atoms with van der Waals surface area (Å²) in [5.74, 6) is -0.467. The van der Waals surface area contributed by atoms with Crippen LogP contribution >= 0.6 is 0 Å². The number of pyridine rings is 2. The van der Waals surface area contributed by atoms with E-state index in [2.05, 4.69) is 20.6 Å². The Morgan fingerprint density at radius 3 is 2.60 bits per heavy atom. The summed E-state index contributed by atoms with van der Waals surface area (Å²) in [6, 6.07) is 8.89. The van der Waals surface area contributed by atoms with Gasteiger partial charge in [-0.05, 0) is 37.1 Å². The molecule has 130 valence electrons. The van der Waals surface area contributed by atoms with Crippen LogP contribution in [0.15, 0.2) is 42.7 Å². The second-order valence-corrected chi connectivity index (χ2v) is 6.24. The molecule has 2 aromatic heterocycles. The Kier molecular flexibility index (Phi) is 5.72. The van der Waals surface area contributed by atoms with E-state index in [1.54, 1.807) is 12.3 Å². The van der Waals surface area contributed by atoms with E-state index in [-0.39, 0.29) is 23.6 Å². The van der Waals surface area contributed by atoms with Crippen LogP contribution < -0.4 is 10.6 Å². The molecule has 1 aliphatic carbocycles. The van der Waals surface area contributed by atoms with Crippen LogP contribution in [0.1, 0.15) is 58.6 Å². The molecule has 0 aliphatic heterocycles. The van der Waals surface area contributed by atoms with Gasteiger partial charge in [-0.15, -0.1) is 0 Å². The van der Waals surface area contributed by atoms with Crippen LogP contribution in [0.3, 0.4) is 0 Å². The number of rotatable bonds is 5. The van der Waals surface area contributed by atoms with Crippen LogP contribution in [0.5, 0.6) is 0 Å². The smallest absolute Gasteiger partial charge is 0.270 e. The molecule has 2 N–H and O–H groups in total. The van der Waals surface area contributed by atoms with Crippen LogP contribution in [-0.2, 0) is 6.54 Å². The first-order valence-corrected chi connectivity index (χ1v) is 8.67. The molecule has 0 unspecified atom stereocenters. The summed E-state index contributed by atoms with van der Waals surface area (Å²) in [5.41, 5.74) is 1.47. The molecule has 0 atom stereocenters. The predicted octanol–water partition coefficient (Wildman–Crippen LogP) is 2.47. The number of nitrogens with zero attached hydrogens (tertiary/aromatic N) is 2. The highest BCUT2D eigenvalue weighted by molar-refractivity contribution is 5.98. The molecule has 1 aliphatic rings. The topological polar surface area (TPSA) is 84.0 Å². The Morgan fingerprint density at radius 2 is 1.84 bits per heavy atom. The Hall–Kier alpha value is -2.76. The maximum Gasteiger partial charge on any atom is 0.270 e. The molecule has 2 aromatic rings. The van der Waals surface area contributed by atoms with Crippen molar-refractivity contribution in [2.24, 2.45) is 0 Å². The van der Waals surface area contributed by atoms with Crippen molar-refractivity contribution in [3.05, 3.63) is 59.7 Å². The maximum absolute atomic E-state index is 12.4. The Balaban J connectivity index is 1.60. The second kappa shape index (κ2) is 8.37. The van der Waals surface area contributed by atoms with Crippen molar-refractivity contribution in [1.29, 1.82) is 0 Å². The fraction of sp³-hybridized carbons (Fsp3) is 0.368. The SMILES string of the molecule is O=C(NCc1ccccn1)c1ccnc(C(=O)NC2CCCCC2)c1. The van der Waals surface area contributed by atoms with Gasteiger partial charge in [0.05, 0.1) is 12.2 Å².